The molecule has 0 atom stereocenters. The zero-order chi connectivity index (χ0) is 8.10. The van der Waals surface area contributed by atoms with Gasteiger partial charge in [-0.3, -0.25) is 0 Å². The molecular formula is C7H12N4. The van der Waals surface area contributed by atoms with Gasteiger partial charge in [-0.1, -0.05) is 0 Å². The molecule has 60 valence electrons. The second kappa shape index (κ2) is 3.88. The molecule has 1 aromatic rings. The van der Waals surface area contributed by atoms with E-state index < -0.39 is 0 Å². The third kappa shape index (κ3) is 2.51. The Bertz CT molecular complexity index is 223. The molecule has 11 heavy (non-hydrogen) atoms. The van der Waals surface area contributed by atoms with Gasteiger partial charge in [0, 0.05) is 12.6 Å². The van der Waals surface area contributed by atoms with E-state index in [2.05, 4.69) is 9.97 Å². The summed E-state index contributed by atoms with van der Waals surface area (Å²) in [4.78, 5) is 8.05. The molecule has 4 nitrogen and oxygen atoms in total. The fraction of sp³-hybridized carbons (Fsp3) is 0.429. The van der Waals surface area contributed by atoms with Crippen LogP contribution < -0.4 is 11.5 Å². The van der Waals surface area contributed by atoms with Crippen molar-refractivity contribution in [1.82, 2.24) is 9.97 Å². The molecule has 1 heterocycles. The summed E-state index contributed by atoms with van der Waals surface area (Å²) >= 11 is 0. The maximum Gasteiger partial charge on any atom is 0.130 e. The molecule has 1 rings (SSSR count). The van der Waals surface area contributed by atoms with Crippen LogP contribution in [0.25, 0.3) is 0 Å². The van der Waals surface area contributed by atoms with E-state index in [9.17, 15) is 0 Å². The Balaban J connectivity index is 2.56. The number of hydrogen-bond donors (Lipinski definition) is 2. The number of hydrogen-bond acceptors (Lipinski definition) is 4. The molecule has 0 aliphatic carbocycles. The first kappa shape index (κ1) is 7.94. The average Bonchev–Trinajstić information content (AvgIpc) is 2.01. The second-order valence-corrected chi connectivity index (χ2v) is 2.29. The van der Waals surface area contributed by atoms with E-state index in [-0.39, 0.29) is 0 Å². The predicted octanol–water partition coefficient (Wildman–Crippen LogP) is -0.0499. The monoisotopic (exact) mass is 152 g/mol. The first-order valence-electron chi connectivity index (χ1n) is 3.60. The summed E-state index contributed by atoms with van der Waals surface area (Å²) in [5, 5.41) is 0. The fourth-order valence-electron chi connectivity index (χ4n) is 0.795. The highest BCUT2D eigenvalue weighted by Gasteiger charge is 1.94. The molecule has 0 aliphatic rings. The van der Waals surface area contributed by atoms with Crippen molar-refractivity contribution in [1.29, 1.82) is 0 Å². The maximum absolute atomic E-state index is 5.45. The Hall–Kier alpha value is -1.16. The molecular weight excluding hydrogens is 140 g/mol. The Morgan fingerprint density at radius 3 is 2.91 bits per heavy atom. The molecule has 0 unspecified atom stereocenters. The largest absolute Gasteiger partial charge is 0.384 e. The van der Waals surface area contributed by atoms with E-state index in [1.54, 1.807) is 12.3 Å². The van der Waals surface area contributed by atoms with Crippen LogP contribution in [0.4, 0.5) is 5.82 Å². The number of rotatable bonds is 3. The number of anilines is 1. The van der Waals surface area contributed by atoms with E-state index in [1.807, 2.05) is 0 Å². The summed E-state index contributed by atoms with van der Waals surface area (Å²) < 4.78 is 0. The topological polar surface area (TPSA) is 77.8 Å². The van der Waals surface area contributed by atoms with Crippen LogP contribution in [-0.4, -0.2) is 16.5 Å². The van der Waals surface area contributed by atoms with E-state index in [0.717, 1.165) is 18.7 Å². The maximum atomic E-state index is 5.45. The van der Waals surface area contributed by atoms with Gasteiger partial charge in [-0.05, 0) is 19.0 Å². The van der Waals surface area contributed by atoms with E-state index in [1.165, 1.54) is 0 Å². The van der Waals surface area contributed by atoms with Crippen LogP contribution in [0, 0.1) is 0 Å². The number of nitrogens with two attached hydrogens (primary N) is 2. The first-order valence-corrected chi connectivity index (χ1v) is 3.60. The minimum atomic E-state index is 0.520. The summed E-state index contributed by atoms with van der Waals surface area (Å²) in [6.45, 7) is 0.665. The van der Waals surface area contributed by atoms with Crippen molar-refractivity contribution >= 4 is 5.82 Å². The number of nitrogen functional groups attached to an aromatic ring is 1. The third-order valence-corrected chi connectivity index (χ3v) is 1.33. The molecule has 0 amide bonds. The summed E-state index contributed by atoms with van der Waals surface area (Å²) in [6, 6.07) is 1.67. The zero-order valence-electron chi connectivity index (χ0n) is 6.33. The molecule has 0 aliphatic heterocycles. The summed E-state index contributed by atoms with van der Waals surface area (Å²) in [5.41, 5.74) is 10.8. The lowest BCUT2D eigenvalue weighted by molar-refractivity contribution is 0.782. The summed E-state index contributed by atoms with van der Waals surface area (Å²) in [5.74, 6) is 1.29. The van der Waals surface area contributed by atoms with Crippen LogP contribution in [-0.2, 0) is 6.42 Å². The molecule has 4 N–H and O–H groups in total. The van der Waals surface area contributed by atoms with Gasteiger partial charge in [-0.15, -0.1) is 0 Å². The highest BCUT2D eigenvalue weighted by Crippen LogP contribution is 1.98. The van der Waals surface area contributed by atoms with Crippen molar-refractivity contribution in [2.75, 3.05) is 12.3 Å². The van der Waals surface area contributed by atoms with Gasteiger partial charge >= 0.3 is 0 Å². The van der Waals surface area contributed by atoms with Gasteiger partial charge in [0.05, 0.1) is 0 Å². The van der Waals surface area contributed by atoms with Crippen molar-refractivity contribution < 1.29 is 0 Å². The minimum Gasteiger partial charge on any atom is -0.384 e. The van der Waals surface area contributed by atoms with E-state index in [0.29, 0.717) is 12.4 Å². The normalized spacial score (nSPS) is 9.91. The number of nitrogens with zero attached hydrogens (tertiary/aromatic N) is 2. The van der Waals surface area contributed by atoms with Crippen molar-refractivity contribution in [3.05, 3.63) is 18.1 Å². The van der Waals surface area contributed by atoms with Gasteiger partial charge in [0.1, 0.15) is 11.6 Å². The van der Waals surface area contributed by atoms with Crippen molar-refractivity contribution in [2.45, 2.75) is 12.8 Å². The number of aryl methyl sites for hydroxylation is 1. The smallest absolute Gasteiger partial charge is 0.130 e. The lowest BCUT2D eigenvalue weighted by Crippen LogP contribution is -2.04. The molecule has 0 bridgehead atoms. The molecule has 0 radical (unpaired) electrons. The number of aromatic nitrogens is 2. The average molecular weight is 152 g/mol. The minimum absolute atomic E-state index is 0.520. The van der Waals surface area contributed by atoms with Crippen LogP contribution in [0.2, 0.25) is 0 Å². The van der Waals surface area contributed by atoms with Crippen LogP contribution in [0.1, 0.15) is 12.2 Å². The Kier molecular flexibility index (Phi) is 2.80. The first-order chi connectivity index (χ1) is 5.33. The van der Waals surface area contributed by atoms with Gasteiger partial charge in [-0.25, -0.2) is 9.97 Å². The van der Waals surface area contributed by atoms with E-state index >= 15 is 0 Å². The second-order valence-electron chi connectivity index (χ2n) is 2.29. The fourth-order valence-corrected chi connectivity index (χ4v) is 0.795. The Labute approximate surface area is 65.6 Å². The molecule has 0 spiro atoms. The van der Waals surface area contributed by atoms with Crippen molar-refractivity contribution in [3.8, 4) is 0 Å². The van der Waals surface area contributed by atoms with Crippen LogP contribution in [0.15, 0.2) is 12.3 Å². The van der Waals surface area contributed by atoms with Gasteiger partial charge < -0.3 is 11.5 Å². The predicted molar refractivity (Wildman–Crippen MR) is 43.8 cm³/mol. The van der Waals surface area contributed by atoms with Crippen molar-refractivity contribution in [2.24, 2.45) is 5.73 Å². The lowest BCUT2D eigenvalue weighted by Gasteiger charge is -1.97. The quantitative estimate of drug-likeness (QED) is 0.636. The van der Waals surface area contributed by atoms with Crippen LogP contribution in [0.3, 0.4) is 0 Å². The van der Waals surface area contributed by atoms with Gasteiger partial charge in [0.15, 0.2) is 0 Å². The highest BCUT2D eigenvalue weighted by atomic mass is 14.9. The SMILES string of the molecule is NCCCc1nccc(N)n1. The molecule has 0 saturated carbocycles. The standard InChI is InChI=1S/C7H12N4/c8-4-1-2-7-10-5-3-6(9)11-7/h3,5H,1-2,4,8H2,(H2,9,10,11). The van der Waals surface area contributed by atoms with Crippen molar-refractivity contribution in [3.63, 3.8) is 0 Å². The third-order valence-electron chi connectivity index (χ3n) is 1.33. The Morgan fingerprint density at radius 1 is 1.45 bits per heavy atom. The highest BCUT2D eigenvalue weighted by molar-refractivity contribution is 5.24. The molecule has 0 fully saturated rings. The summed E-state index contributed by atoms with van der Waals surface area (Å²) in [7, 11) is 0. The molecule has 0 saturated heterocycles. The van der Waals surface area contributed by atoms with E-state index in [4.69, 9.17) is 11.5 Å². The van der Waals surface area contributed by atoms with Crippen LogP contribution in [0.5, 0.6) is 0 Å². The Morgan fingerprint density at radius 2 is 2.27 bits per heavy atom. The van der Waals surface area contributed by atoms with Gasteiger partial charge in [0.25, 0.3) is 0 Å². The molecule has 1 aromatic heterocycles. The molecule has 0 aromatic carbocycles. The van der Waals surface area contributed by atoms with Crippen LogP contribution >= 0.6 is 0 Å². The lowest BCUT2D eigenvalue weighted by atomic mass is 10.3. The zero-order valence-corrected chi connectivity index (χ0v) is 6.33. The summed E-state index contributed by atoms with van der Waals surface area (Å²) in [6.07, 6.45) is 3.37. The molecule has 4 heteroatoms. The van der Waals surface area contributed by atoms with Gasteiger partial charge in [0.2, 0.25) is 0 Å². The van der Waals surface area contributed by atoms with Gasteiger partial charge in [-0.2, -0.15) is 0 Å².